The van der Waals surface area contributed by atoms with Crippen LogP contribution in [0.5, 0.6) is 0 Å². The third kappa shape index (κ3) is 3.16. The molecule has 0 heterocycles. The Hall–Kier alpha value is -0.860. The topological polar surface area (TPSA) is 28.0 Å². The zero-order chi connectivity index (χ0) is 8.85. The maximum atomic E-state index is 3.92. The molecule has 0 N–H and O–H groups in total. The minimum atomic E-state index is 0.477. The Balaban J connectivity index is 4.01. The van der Waals surface area contributed by atoms with Crippen LogP contribution in [0.2, 0.25) is 0 Å². The zero-order valence-corrected chi connectivity index (χ0v) is 7.83. The van der Waals surface area contributed by atoms with Crippen LogP contribution in [0.3, 0.4) is 0 Å². The van der Waals surface area contributed by atoms with Crippen molar-refractivity contribution in [2.75, 3.05) is 14.1 Å². The molecule has 0 saturated carbocycles. The molecule has 0 radical (unpaired) electrons. The average molecular weight is 155 g/mol. The van der Waals surface area contributed by atoms with Crippen LogP contribution >= 0.6 is 0 Å². The third-order valence-electron chi connectivity index (χ3n) is 1.82. The highest BCUT2D eigenvalue weighted by Crippen LogP contribution is 2.15. The molecule has 0 aromatic heterocycles. The van der Waals surface area contributed by atoms with Gasteiger partial charge in [0.25, 0.3) is 0 Å². The molecule has 3 heteroatoms. The summed E-state index contributed by atoms with van der Waals surface area (Å²) >= 11 is 0. The van der Waals surface area contributed by atoms with Crippen LogP contribution in [0.15, 0.2) is 22.6 Å². The van der Waals surface area contributed by atoms with Gasteiger partial charge in [0.05, 0.1) is 7.05 Å². The van der Waals surface area contributed by atoms with Crippen molar-refractivity contribution in [3.63, 3.8) is 0 Å². The molecule has 0 aliphatic rings. The van der Waals surface area contributed by atoms with E-state index in [4.69, 9.17) is 0 Å². The molecule has 1 unspecified atom stereocenters. The standard InChI is InChI=1S/C8H17N3/c1-6-7(2)8(3)11(5)10-9-4/h7H,3,6H2,1-2,4-5H3. The van der Waals surface area contributed by atoms with Gasteiger partial charge in [-0.1, -0.05) is 25.6 Å². The molecular weight excluding hydrogens is 138 g/mol. The lowest BCUT2D eigenvalue weighted by atomic mass is 10.1. The average Bonchev–Trinajstić information content (AvgIpc) is 2.02. The fourth-order valence-electron chi connectivity index (χ4n) is 0.746. The van der Waals surface area contributed by atoms with E-state index in [1.165, 1.54) is 0 Å². The predicted molar refractivity (Wildman–Crippen MR) is 47.1 cm³/mol. The van der Waals surface area contributed by atoms with E-state index in [1.54, 1.807) is 12.1 Å². The van der Waals surface area contributed by atoms with Crippen molar-refractivity contribution in [1.29, 1.82) is 0 Å². The summed E-state index contributed by atoms with van der Waals surface area (Å²) in [6, 6.07) is 0. The molecule has 0 aromatic carbocycles. The van der Waals surface area contributed by atoms with Crippen molar-refractivity contribution in [2.24, 2.45) is 16.3 Å². The first-order valence-corrected chi connectivity index (χ1v) is 3.85. The second kappa shape index (κ2) is 4.88. The van der Waals surface area contributed by atoms with Crippen molar-refractivity contribution in [1.82, 2.24) is 5.01 Å². The fourth-order valence-corrected chi connectivity index (χ4v) is 0.746. The lowest BCUT2D eigenvalue weighted by Gasteiger charge is -2.18. The molecule has 11 heavy (non-hydrogen) atoms. The van der Waals surface area contributed by atoms with Gasteiger partial charge in [0, 0.05) is 12.7 Å². The summed E-state index contributed by atoms with van der Waals surface area (Å²) in [7, 11) is 3.52. The van der Waals surface area contributed by atoms with Crippen LogP contribution in [0.4, 0.5) is 0 Å². The number of nitrogens with zero attached hydrogens (tertiary/aromatic N) is 3. The molecule has 0 aliphatic carbocycles. The quantitative estimate of drug-likeness (QED) is 0.452. The molecule has 0 amide bonds. The molecule has 0 aliphatic heterocycles. The molecule has 0 aromatic rings. The van der Waals surface area contributed by atoms with Crippen molar-refractivity contribution in [3.8, 4) is 0 Å². The minimum absolute atomic E-state index is 0.477. The molecule has 0 rings (SSSR count). The van der Waals surface area contributed by atoms with Crippen LogP contribution in [0.1, 0.15) is 20.3 Å². The van der Waals surface area contributed by atoms with Crippen LogP contribution in [-0.4, -0.2) is 19.1 Å². The molecule has 64 valence electrons. The Labute approximate surface area is 68.8 Å². The lowest BCUT2D eigenvalue weighted by molar-refractivity contribution is 0.359. The minimum Gasteiger partial charge on any atom is -0.255 e. The molecular formula is C8H17N3. The van der Waals surface area contributed by atoms with Gasteiger partial charge in [-0.2, -0.15) is 5.11 Å². The van der Waals surface area contributed by atoms with Gasteiger partial charge in [-0.25, -0.2) is 0 Å². The van der Waals surface area contributed by atoms with Gasteiger partial charge in [-0.05, 0) is 12.3 Å². The second-order valence-corrected chi connectivity index (χ2v) is 2.61. The number of allylic oxidation sites excluding steroid dienone is 1. The Bertz CT molecular complexity index is 151. The molecule has 0 bridgehead atoms. The van der Waals surface area contributed by atoms with Gasteiger partial charge in [-0.3, -0.25) is 5.01 Å². The van der Waals surface area contributed by atoms with E-state index in [1.807, 2.05) is 7.05 Å². The Morgan fingerprint density at radius 3 is 2.55 bits per heavy atom. The molecule has 0 fully saturated rings. The van der Waals surface area contributed by atoms with E-state index in [0.29, 0.717) is 5.92 Å². The van der Waals surface area contributed by atoms with E-state index >= 15 is 0 Å². The zero-order valence-electron chi connectivity index (χ0n) is 7.83. The first-order valence-electron chi connectivity index (χ1n) is 3.85. The molecule has 1 atom stereocenters. The highest BCUT2D eigenvalue weighted by atomic mass is 15.5. The highest BCUT2D eigenvalue weighted by molar-refractivity contribution is 4.94. The van der Waals surface area contributed by atoms with E-state index in [0.717, 1.165) is 12.1 Å². The predicted octanol–water partition coefficient (Wildman–Crippen LogP) is 2.48. The number of hydrogen-bond acceptors (Lipinski definition) is 2. The first kappa shape index (κ1) is 10.1. The molecule has 0 saturated heterocycles. The van der Waals surface area contributed by atoms with E-state index in [2.05, 4.69) is 30.8 Å². The van der Waals surface area contributed by atoms with Gasteiger partial charge in [0.15, 0.2) is 0 Å². The highest BCUT2D eigenvalue weighted by Gasteiger charge is 2.07. The summed E-state index contributed by atoms with van der Waals surface area (Å²) in [5, 5.41) is 9.23. The SMILES string of the molecule is C=C(C(C)CC)N(C)N=NC. The third-order valence-corrected chi connectivity index (χ3v) is 1.82. The summed E-state index contributed by atoms with van der Waals surface area (Å²) in [5.41, 5.74) is 1.01. The van der Waals surface area contributed by atoms with Crippen LogP contribution in [0, 0.1) is 5.92 Å². The number of rotatable bonds is 4. The first-order chi connectivity index (χ1) is 5.13. The van der Waals surface area contributed by atoms with Gasteiger partial charge >= 0.3 is 0 Å². The maximum absolute atomic E-state index is 3.92. The number of hydrogen-bond donors (Lipinski definition) is 0. The van der Waals surface area contributed by atoms with Crippen LogP contribution < -0.4 is 0 Å². The van der Waals surface area contributed by atoms with Crippen LogP contribution in [-0.2, 0) is 0 Å². The fraction of sp³-hybridized carbons (Fsp3) is 0.750. The van der Waals surface area contributed by atoms with Gasteiger partial charge in [-0.15, -0.1) is 0 Å². The van der Waals surface area contributed by atoms with Gasteiger partial charge < -0.3 is 0 Å². The summed E-state index contributed by atoms with van der Waals surface area (Å²) in [6.07, 6.45) is 1.09. The summed E-state index contributed by atoms with van der Waals surface area (Å²) in [6.45, 7) is 8.18. The van der Waals surface area contributed by atoms with Crippen molar-refractivity contribution < 1.29 is 0 Å². The smallest absolute Gasteiger partial charge is 0.0509 e. The van der Waals surface area contributed by atoms with E-state index < -0.39 is 0 Å². The maximum Gasteiger partial charge on any atom is 0.0509 e. The van der Waals surface area contributed by atoms with Gasteiger partial charge in [0.2, 0.25) is 0 Å². The van der Waals surface area contributed by atoms with Crippen molar-refractivity contribution in [2.45, 2.75) is 20.3 Å². The van der Waals surface area contributed by atoms with Gasteiger partial charge in [0.1, 0.15) is 0 Å². The summed E-state index contributed by atoms with van der Waals surface area (Å²) in [5.74, 6) is 0.477. The monoisotopic (exact) mass is 155 g/mol. The molecule has 0 spiro atoms. The van der Waals surface area contributed by atoms with Crippen molar-refractivity contribution in [3.05, 3.63) is 12.3 Å². The second-order valence-electron chi connectivity index (χ2n) is 2.61. The summed E-state index contributed by atoms with van der Waals surface area (Å²) < 4.78 is 0. The Kier molecular flexibility index (Phi) is 4.50. The normalized spacial score (nSPS) is 13.5. The van der Waals surface area contributed by atoms with Crippen LogP contribution in [0.25, 0.3) is 0 Å². The van der Waals surface area contributed by atoms with Crippen molar-refractivity contribution >= 4 is 0 Å². The van der Waals surface area contributed by atoms with E-state index in [9.17, 15) is 0 Å². The summed E-state index contributed by atoms with van der Waals surface area (Å²) in [4.78, 5) is 0. The molecule has 3 nitrogen and oxygen atoms in total. The lowest BCUT2D eigenvalue weighted by Crippen LogP contribution is -2.14. The Morgan fingerprint density at radius 1 is 1.64 bits per heavy atom. The van der Waals surface area contributed by atoms with E-state index in [-0.39, 0.29) is 0 Å². The largest absolute Gasteiger partial charge is 0.255 e. The Morgan fingerprint density at radius 2 is 2.18 bits per heavy atom.